The molecule has 0 aromatic heterocycles. The number of ketones is 1. The van der Waals surface area contributed by atoms with Crippen LogP contribution >= 0.6 is 27.5 Å². The van der Waals surface area contributed by atoms with Gasteiger partial charge in [-0.15, -0.1) is 0 Å². The van der Waals surface area contributed by atoms with Crippen LogP contribution in [0, 0.1) is 0 Å². The van der Waals surface area contributed by atoms with Crippen molar-refractivity contribution in [3.8, 4) is 11.5 Å². The summed E-state index contributed by atoms with van der Waals surface area (Å²) in [4.78, 5) is 12.5. The zero-order chi connectivity index (χ0) is 15.4. The predicted molar refractivity (Wildman–Crippen MR) is 86.7 cm³/mol. The number of hydrogen-bond acceptors (Lipinski definition) is 3. The topological polar surface area (TPSA) is 35.5 Å². The zero-order valence-electron chi connectivity index (χ0n) is 11.7. The average Bonchev–Trinajstić information content (AvgIpc) is 2.46. The molecule has 0 heterocycles. The third-order valence-electron chi connectivity index (χ3n) is 3.04. The molecule has 0 saturated heterocycles. The SMILES string of the molecule is COc1ccc(C(=O)Cc2cccc(Cl)c2)c(OC)c1Br. The first kappa shape index (κ1) is 15.9. The number of carbonyl (C=O) groups excluding carboxylic acids is 1. The Morgan fingerprint density at radius 2 is 1.95 bits per heavy atom. The highest BCUT2D eigenvalue weighted by molar-refractivity contribution is 9.10. The summed E-state index contributed by atoms with van der Waals surface area (Å²) in [5, 5.41) is 0.614. The van der Waals surface area contributed by atoms with Crippen molar-refractivity contribution in [3.63, 3.8) is 0 Å². The number of benzene rings is 2. The molecule has 0 amide bonds. The molecule has 110 valence electrons. The second-order valence-electron chi connectivity index (χ2n) is 4.39. The Labute approximate surface area is 137 Å². The van der Waals surface area contributed by atoms with Crippen molar-refractivity contribution < 1.29 is 14.3 Å². The van der Waals surface area contributed by atoms with Crippen LogP contribution in [0.15, 0.2) is 40.9 Å². The Hall–Kier alpha value is -1.52. The highest BCUT2D eigenvalue weighted by atomic mass is 79.9. The van der Waals surface area contributed by atoms with E-state index in [2.05, 4.69) is 15.9 Å². The lowest BCUT2D eigenvalue weighted by molar-refractivity contribution is 0.0990. The summed E-state index contributed by atoms with van der Waals surface area (Å²) in [6.07, 6.45) is 0.260. The molecule has 0 aliphatic carbocycles. The third-order valence-corrected chi connectivity index (χ3v) is 4.03. The molecule has 0 atom stereocenters. The highest BCUT2D eigenvalue weighted by Crippen LogP contribution is 2.37. The van der Waals surface area contributed by atoms with Crippen LogP contribution in [0.4, 0.5) is 0 Å². The fraction of sp³-hybridized carbons (Fsp3) is 0.188. The maximum absolute atomic E-state index is 12.5. The van der Waals surface area contributed by atoms with Crippen LogP contribution in [-0.4, -0.2) is 20.0 Å². The largest absolute Gasteiger partial charge is 0.495 e. The smallest absolute Gasteiger partial charge is 0.171 e. The summed E-state index contributed by atoms with van der Waals surface area (Å²) in [6.45, 7) is 0. The van der Waals surface area contributed by atoms with E-state index in [-0.39, 0.29) is 12.2 Å². The Bertz CT molecular complexity index is 671. The van der Waals surface area contributed by atoms with Crippen LogP contribution in [0.5, 0.6) is 11.5 Å². The van der Waals surface area contributed by atoms with Gasteiger partial charge in [0.2, 0.25) is 0 Å². The number of hydrogen-bond donors (Lipinski definition) is 0. The second kappa shape index (κ2) is 6.96. The maximum Gasteiger partial charge on any atom is 0.171 e. The molecule has 0 fully saturated rings. The molecular weight excluding hydrogens is 356 g/mol. The van der Waals surface area contributed by atoms with Gasteiger partial charge in [0.1, 0.15) is 16.0 Å². The molecule has 0 aliphatic heterocycles. The van der Waals surface area contributed by atoms with Gasteiger partial charge in [-0.25, -0.2) is 0 Å². The molecule has 0 bridgehead atoms. The number of carbonyl (C=O) groups is 1. The molecule has 5 heteroatoms. The Balaban J connectivity index is 2.33. The summed E-state index contributed by atoms with van der Waals surface area (Å²) in [7, 11) is 3.09. The van der Waals surface area contributed by atoms with E-state index in [0.29, 0.717) is 26.6 Å². The van der Waals surface area contributed by atoms with Gasteiger partial charge in [-0.3, -0.25) is 4.79 Å². The zero-order valence-corrected chi connectivity index (χ0v) is 14.0. The number of rotatable bonds is 5. The molecule has 0 spiro atoms. The lowest BCUT2D eigenvalue weighted by Gasteiger charge is -2.12. The van der Waals surface area contributed by atoms with E-state index in [0.717, 1.165) is 5.56 Å². The lowest BCUT2D eigenvalue weighted by Crippen LogP contribution is -2.06. The van der Waals surface area contributed by atoms with Crippen molar-refractivity contribution in [3.05, 3.63) is 57.0 Å². The van der Waals surface area contributed by atoms with Crippen LogP contribution in [0.1, 0.15) is 15.9 Å². The summed E-state index contributed by atoms with van der Waals surface area (Å²) < 4.78 is 11.2. The van der Waals surface area contributed by atoms with Crippen molar-refractivity contribution in [1.82, 2.24) is 0 Å². The first-order chi connectivity index (χ1) is 10.1. The molecular formula is C16H14BrClO3. The van der Waals surface area contributed by atoms with E-state index in [4.69, 9.17) is 21.1 Å². The molecule has 3 nitrogen and oxygen atoms in total. The number of ether oxygens (including phenoxy) is 2. The van der Waals surface area contributed by atoms with Crippen LogP contribution in [0.2, 0.25) is 5.02 Å². The van der Waals surface area contributed by atoms with Gasteiger partial charge in [-0.1, -0.05) is 23.7 Å². The molecule has 0 saturated carbocycles. The van der Waals surface area contributed by atoms with Crippen molar-refractivity contribution in [2.24, 2.45) is 0 Å². The van der Waals surface area contributed by atoms with Crippen LogP contribution in [0.25, 0.3) is 0 Å². The fourth-order valence-electron chi connectivity index (χ4n) is 2.04. The van der Waals surface area contributed by atoms with Gasteiger partial charge in [0.25, 0.3) is 0 Å². The minimum absolute atomic E-state index is 0.0440. The third kappa shape index (κ3) is 3.57. The number of methoxy groups -OCH3 is 2. The molecule has 0 aliphatic rings. The van der Waals surface area contributed by atoms with E-state index in [9.17, 15) is 4.79 Å². The van der Waals surface area contributed by atoms with Crippen molar-refractivity contribution >= 4 is 33.3 Å². The minimum Gasteiger partial charge on any atom is -0.495 e. The first-order valence-electron chi connectivity index (χ1n) is 6.25. The van der Waals surface area contributed by atoms with Gasteiger partial charge in [0.05, 0.1) is 19.8 Å². The first-order valence-corrected chi connectivity index (χ1v) is 7.42. The summed E-state index contributed by atoms with van der Waals surface area (Å²) >= 11 is 9.33. The second-order valence-corrected chi connectivity index (χ2v) is 5.62. The van der Waals surface area contributed by atoms with Gasteiger partial charge in [0.15, 0.2) is 5.78 Å². The summed E-state index contributed by atoms with van der Waals surface area (Å²) in [5.74, 6) is 1.05. The summed E-state index contributed by atoms with van der Waals surface area (Å²) in [5.41, 5.74) is 1.37. The van der Waals surface area contributed by atoms with Crippen LogP contribution < -0.4 is 9.47 Å². The fourth-order valence-corrected chi connectivity index (χ4v) is 2.92. The monoisotopic (exact) mass is 368 g/mol. The van der Waals surface area contributed by atoms with E-state index in [1.165, 1.54) is 7.11 Å². The molecule has 0 radical (unpaired) electrons. The van der Waals surface area contributed by atoms with Crippen molar-refractivity contribution in [2.75, 3.05) is 14.2 Å². The molecule has 0 unspecified atom stereocenters. The van der Waals surface area contributed by atoms with E-state index in [1.54, 1.807) is 31.4 Å². The normalized spacial score (nSPS) is 10.3. The lowest BCUT2D eigenvalue weighted by atomic mass is 10.0. The van der Waals surface area contributed by atoms with Gasteiger partial charge in [0, 0.05) is 11.4 Å². The number of Topliss-reactive ketones (excluding diaryl/α,β-unsaturated/α-hetero) is 1. The van der Waals surface area contributed by atoms with E-state index >= 15 is 0 Å². The molecule has 2 rings (SSSR count). The standard InChI is InChI=1S/C16H14BrClO3/c1-20-14-7-6-12(16(21-2)15(14)17)13(19)9-10-4-3-5-11(18)8-10/h3-8H,9H2,1-2H3. The molecule has 2 aromatic carbocycles. The summed E-state index contributed by atoms with van der Waals surface area (Å²) in [6, 6.07) is 10.7. The van der Waals surface area contributed by atoms with Gasteiger partial charge in [-0.2, -0.15) is 0 Å². The van der Waals surface area contributed by atoms with Crippen molar-refractivity contribution in [1.29, 1.82) is 0 Å². The maximum atomic E-state index is 12.5. The Kier molecular flexibility index (Phi) is 5.26. The van der Waals surface area contributed by atoms with E-state index in [1.807, 2.05) is 12.1 Å². The average molecular weight is 370 g/mol. The van der Waals surface area contributed by atoms with Gasteiger partial charge >= 0.3 is 0 Å². The van der Waals surface area contributed by atoms with Gasteiger partial charge < -0.3 is 9.47 Å². The molecule has 0 N–H and O–H groups in total. The van der Waals surface area contributed by atoms with Crippen LogP contribution in [-0.2, 0) is 6.42 Å². The van der Waals surface area contributed by atoms with Crippen molar-refractivity contribution in [2.45, 2.75) is 6.42 Å². The number of halogens is 2. The predicted octanol–water partition coefficient (Wildman–Crippen LogP) is 4.55. The van der Waals surface area contributed by atoms with Crippen LogP contribution in [0.3, 0.4) is 0 Å². The molecule has 2 aromatic rings. The molecule has 21 heavy (non-hydrogen) atoms. The van der Waals surface area contributed by atoms with Gasteiger partial charge in [-0.05, 0) is 45.8 Å². The minimum atomic E-state index is -0.0440. The Morgan fingerprint density at radius 3 is 2.57 bits per heavy atom. The van der Waals surface area contributed by atoms with E-state index < -0.39 is 0 Å². The highest BCUT2D eigenvalue weighted by Gasteiger charge is 2.18. The Morgan fingerprint density at radius 1 is 1.19 bits per heavy atom. The quantitative estimate of drug-likeness (QED) is 0.726.